The second-order valence-electron chi connectivity index (χ2n) is 7.79. The van der Waals surface area contributed by atoms with Crippen LogP contribution in [0.2, 0.25) is 0 Å². The molecule has 0 saturated carbocycles. The van der Waals surface area contributed by atoms with Crippen LogP contribution in [0, 0.1) is 0 Å². The van der Waals surface area contributed by atoms with Gasteiger partial charge in [-0.05, 0) is 68.7 Å². The first-order chi connectivity index (χ1) is 14.3. The lowest BCUT2D eigenvalue weighted by Crippen LogP contribution is -2.41. The third-order valence-electron chi connectivity index (χ3n) is 5.84. The van der Waals surface area contributed by atoms with Gasteiger partial charge < -0.3 is 9.84 Å². The Morgan fingerprint density at radius 3 is 2.57 bits per heavy atom. The summed E-state index contributed by atoms with van der Waals surface area (Å²) in [7, 11) is 0. The third kappa shape index (κ3) is 3.78. The van der Waals surface area contributed by atoms with Crippen LogP contribution < -0.4 is 9.64 Å². The second-order valence-corrected chi connectivity index (χ2v) is 7.79. The molecule has 2 aromatic carbocycles. The molecule has 0 saturated heterocycles. The molecule has 0 fully saturated rings. The summed E-state index contributed by atoms with van der Waals surface area (Å²) in [4.78, 5) is 1.84. The van der Waals surface area contributed by atoms with Gasteiger partial charge in [0, 0.05) is 12.0 Å². The molecule has 0 aromatic heterocycles. The predicted octanol–water partition coefficient (Wildman–Crippen LogP) is 4.75. The molecule has 0 amide bonds. The molecule has 2 aliphatic heterocycles. The van der Waals surface area contributed by atoms with E-state index in [4.69, 9.17) is 4.74 Å². The van der Waals surface area contributed by atoms with Gasteiger partial charge in [0.2, 0.25) is 0 Å². The van der Waals surface area contributed by atoms with Gasteiger partial charge >= 0.3 is 6.18 Å². The fraction of sp³-hybridized carbons (Fsp3) is 0.435. The minimum Gasteiger partial charge on any atom is -0.494 e. The number of ether oxygens (including phenoxy) is 1. The first-order valence-corrected chi connectivity index (χ1v) is 10.4. The molecule has 30 heavy (non-hydrogen) atoms. The molecule has 4 nitrogen and oxygen atoms in total. The fourth-order valence-corrected chi connectivity index (χ4v) is 4.39. The number of alkyl halides is 3. The van der Waals surface area contributed by atoms with E-state index < -0.39 is 17.5 Å². The van der Waals surface area contributed by atoms with E-state index in [9.17, 15) is 18.3 Å². The van der Waals surface area contributed by atoms with Crippen molar-refractivity contribution in [2.75, 3.05) is 24.6 Å². The summed E-state index contributed by atoms with van der Waals surface area (Å²) in [5, 5.41) is 11.8. The van der Waals surface area contributed by atoms with E-state index in [1.165, 1.54) is 12.1 Å². The Bertz CT molecular complexity index is 940. The van der Waals surface area contributed by atoms with Crippen molar-refractivity contribution in [3.05, 3.63) is 59.7 Å². The largest absolute Gasteiger partial charge is 0.494 e. The van der Waals surface area contributed by atoms with Crippen LogP contribution in [-0.2, 0) is 11.9 Å². The van der Waals surface area contributed by atoms with Gasteiger partial charge in [0.15, 0.2) is 6.54 Å². The molecule has 2 aromatic rings. The van der Waals surface area contributed by atoms with Crippen molar-refractivity contribution in [1.29, 1.82) is 0 Å². The van der Waals surface area contributed by atoms with Gasteiger partial charge in [0.1, 0.15) is 11.4 Å². The lowest BCUT2D eigenvalue weighted by Gasteiger charge is -2.24. The first-order valence-electron chi connectivity index (χ1n) is 10.4. The number of halogens is 3. The minimum atomic E-state index is -4.41. The number of amidine groups is 1. The van der Waals surface area contributed by atoms with E-state index in [1.54, 1.807) is 6.07 Å². The summed E-state index contributed by atoms with van der Waals surface area (Å²) >= 11 is 0. The Labute approximate surface area is 174 Å². The zero-order valence-electron chi connectivity index (χ0n) is 17.0. The minimum absolute atomic E-state index is 0.178. The molecular weight excluding hydrogens is 393 g/mol. The van der Waals surface area contributed by atoms with Crippen LogP contribution in [-0.4, -0.2) is 35.2 Å². The van der Waals surface area contributed by atoms with Crippen LogP contribution in [0.25, 0.3) is 0 Å². The number of rotatable bonds is 4. The van der Waals surface area contributed by atoms with Crippen molar-refractivity contribution in [2.45, 2.75) is 44.5 Å². The summed E-state index contributed by atoms with van der Waals surface area (Å²) in [6.07, 6.45) is -0.791. The monoisotopic (exact) mass is 419 g/mol. The Balaban J connectivity index is 1.75. The fourth-order valence-electron chi connectivity index (χ4n) is 4.39. The maximum Gasteiger partial charge on any atom is 0.416 e. The Morgan fingerprint density at radius 2 is 1.87 bits per heavy atom. The Kier molecular flexibility index (Phi) is 5.49. The van der Waals surface area contributed by atoms with Gasteiger partial charge in [-0.2, -0.15) is 13.2 Å². The van der Waals surface area contributed by atoms with Gasteiger partial charge in [-0.15, -0.1) is 0 Å². The van der Waals surface area contributed by atoms with Gasteiger partial charge in [-0.3, -0.25) is 0 Å². The molecule has 2 heterocycles. The zero-order chi connectivity index (χ0) is 21.4. The summed E-state index contributed by atoms with van der Waals surface area (Å²) in [5.74, 6) is 1.60. The summed E-state index contributed by atoms with van der Waals surface area (Å²) in [5.41, 5.74) is -0.829. The van der Waals surface area contributed by atoms with E-state index in [2.05, 4.69) is 0 Å². The molecular formula is C23H26F3N2O2+. The van der Waals surface area contributed by atoms with Crippen LogP contribution in [0.15, 0.2) is 48.5 Å². The number of benzene rings is 2. The molecule has 0 aliphatic carbocycles. The third-order valence-corrected chi connectivity index (χ3v) is 5.84. The second kappa shape index (κ2) is 7.95. The summed E-state index contributed by atoms with van der Waals surface area (Å²) < 4.78 is 47.3. The highest BCUT2D eigenvalue weighted by Gasteiger charge is 2.52. The van der Waals surface area contributed by atoms with E-state index >= 15 is 0 Å². The van der Waals surface area contributed by atoms with Crippen LogP contribution >= 0.6 is 0 Å². The van der Waals surface area contributed by atoms with Crippen molar-refractivity contribution in [3.63, 3.8) is 0 Å². The Hall–Kier alpha value is -2.54. The van der Waals surface area contributed by atoms with Crippen molar-refractivity contribution in [1.82, 2.24) is 0 Å². The topological polar surface area (TPSA) is 35.7 Å². The average Bonchev–Trinajstić information content (AvgIpc) is 2.87. The van der Waals surface area contributed by atoms with Gasteiger partial charge in [-0.25, -0.2) is 9.48 Å². The van der Waals surface area contributed by atoms with Crippen molar-refractivity contribution >= 4 is 11.5 Å². The normalized spacial score (nSPS) is 22.1. The van der Waals surface area contributed by atoms with Crippen LogP contribution in [0.3, 0.4) is 0 Å². The highest BCUT2D eigenvalue weighted by molar-refractivity contribution is 5.96. The molecule has 0 spiro atoms. The van der Waals surface area contributed by atoms with Crippen molar-refractivity contribution in [3.8, 4) is 5.75 Å². The summed E-state index contributed by atoms with van der Waals surface area (Å²) in [6, 6.07) is 12.7. The number of aliphatic hydroxyl groups is 1. The van der Waals surface area contributed by atoms with Gasteiger partial charge in [-0.1, -0.05) is 6.07 Å². The molecule has 0 unspecified atom stereocenters. The SMILES string of the molecule is CCOc1ccc([C@]2(O)CN(c3cccc(C(F)(F)F)c3)C3=[N+]2CCCCC3)cc1. The Morgan fingerprint density at radius 1 is 1.10 bits per heavy atom. The van der Waals surface area contributed by atoms with Gasteiger partial charge in [0.05, 0.1) is 18.7 Å². The molecule has 1 atom stereocenters. The van der Waals surface area contributed by atoms with Gasteiger partial charge in [0.25, 0.3) is 11.6 Å². The smallest absolute Gasteiger partial charge is 0.416 e. The van der Waals surface area contributed by atoms with Crippen LogP contribution in [0.4, 0.5) is 18.9 Å². The molecule has 0 bridgehead atoms. The highest BCUT2D eigenvalue weighted by Crippen LogP contribution is 2.38. The molecule has 4 rings (SSSR count). The highest BCUT2D eigenvalue weighted by atomic mass is 19.4. The number of hydrogen-bond donors (Lipinski definition) is 1. The quantitative estimate of drug-likeness (QED) is 0.727. The van der Waals surface area contributed by atoms with E-state index in [1.807, 2.05) is 40.7 Å². The lowest BCUT2D eigenvalue weighted by molar-refractivity contribution is -0.658. The molecule has 2 aliphatic rings. The van der Waals surface area contributed by atoms with E-state index in [0.717, 1.165) is 43.3 Å². The maximum atomic E-state index is 13.3. The molecule has 160 valence electrons. The number of β-amino-alcohol motifs (C(OH)–C–C–N with tert-alkyl or cyclic N) is 1. The van der Waals surface area contributed by atoms with Crippen LogP contribution in [0.5, 0.6) is 5.75 Å². The maximum absolute atomic E-state index is 13.3. The average molecular weight is 419 g/mol. The zero-order valence-corrected chi connectivity index (χ0v) is 17.0. The number of hydrogen-bond acceptors (Lipinski definition) is 3. The number of nitrogens with zero attached hydrogens (tertiary/aromatic N) is 2. The lowest BCUT2D eigenvalue weighted by atomic mass is 10.0. The molecule has 7 heteroatoms. The van der Waals surface area contributed by atoms with Crippen molar-refractivity contribution in [2.24, 2.45) is 0 Å². The standard InChI is InChI=1S/C23H26F3N2O2/c1-2-30-20-12-10-17(11-13-20)22(29)16-27(21-9-4-3-5-14-28(21)22)19-8-6-7-18(15-19)23(24,25)26/h6-8,10-13,15,29H,2-5,9,14,16H2,1H3/q+1/t22-/m1/s1. The molecule has 0 radical (unpaired) electrons. The van der Waals surface area contributed by atoms with E-state index in [0.29, 0.717) is 24.4 Å². The number of anilines is 1. The van der Waals surface area contributed by atoms with Crippen LogP contribution in [0.1, 0.15) is 43.7 Å². The van der Waals surface area contributed by atoms with E-state index in [-0.39, 0.29) is 6.54 Å². The molecule has 1 N–H and O–H groups in total. The predicted molar refractivity (Wildman–Crippen MR) is 109 cm³/mol. The van der Waals surface area contributed by atoms with Crippen molar-refractivity contribution < 1.29 is 27.6 Å². The summed E-state index contributed by atoms with van der Waals surface area (Å²) in [6.45, 7) is 3.30. The first kappa shape index (κ1) is 20.7.